The zero-order valence-electron chi connectivity index (χ0n) is 7.27. The smallest absolute Gasteiger partial charge is 0.420 e. The van der Waals surface area contributed by atoms with E-state index in [0.717, 1.165) is 0 Å². The molecule has 1 aromatic rings. The summed E-state index contributed by atoms with van der Waals surface area (Å²) in [5, 5.41) is 0. The number of methoxy groups -OCH3 is 1. The van der Waals surface area contributed by atoms with Crippen molar-refractivity contribution < 1.29 is 17.9 Å². The molecule has 0 aliphatic carbocycles. The summed E-state index contributed by atoms with van der Waals surface area (Å²) in [7, 11) is 1.23. The monoisotopic (exact) mass is 190 g/mol. The van der Waals surface area contributed by atoms with E-state index in [1.807, 2.05) is 0 Å². The topological polar surface area (TPSA) is 9.23 Å². The number of benzene rings is 1. The number of alkyl halides is 3. The van der Waals surface area contributed by atoms with E-state index in [4.69, 9.17) is 0 Å². The molecule has 0 aliphatic heterocycles. The fourth-order valence-corrected chi connectivity index (χ4v) is 1.17. The molecule has 0 heterocycles. The van der Waals surface area contributed by atoms with Crippen molar-refractivity contribution in [1.29, 1.82) is 0 Å². The van der Waals surface area contributed by atoms with Crippen LogP contribution in [0, 0.1) is 6.92 Å². The highest BCUT2D eigenvalue weighted by molar-refractivity contribution is 5.41. The Bertz CT molecular complexity index is 304. The molecule has 0 spiro atoms. The molecule has 13 heavy (non-hydrogen) atoms. The van der Waals surface area contributed by atoms with E-state index in [-0.39, 0.29) is 11.3 Å². The number of ether oxygens (including phenoxy) is 1. The molecule has 1 nitrogen and oxygen atoms in total. The third kappa shape index (κ3) is 1.94. The molecule has 0 saturated heterocycles. The van der Waals surface area contributed by atoms with E-state index in [2.05, 4.69) is 4.74 Å². The lowest BCUT2D eigenvalue weighted by atomic mass is 10.1. The zero-order chi connectivity index (χ0) is 10.1. The third-order valence-corrected chi connectivity index (χ3v) is 1.74. The number of rotatable bonds is 1. The van der Waals surface area contributed by atoms with E-state index in [0.29, 0.717) is 0 Å². The summed E-state index contributed by atoms with van der Waals surface area (Å²) in [4.78, 5) is 0. The van der Waals surface area contributed by atoms with Crippen LogP contribution in [0.25, 0.3) is 0 Å². The van der Waals surface area contributed by atoms with Crippen LogP contribution in [0.4, 0.5) is 13.2 Å². The van der Waals surface area contributed by atoms with Crippen LogP contribution in [0.2, 0.25) is 0 Å². The molecule has 1 rings (SSSR count). The molecule has 0 saturated carbocycles. The Morgan fingerprint density at radius 3 is 2.23 bits per heavy atom. The molecule has 72 valence electrons. The number of hydrogen-bond acceptors (Lipinski definition) is 1. The fourth-order valence-electron chi connectivity index (χ4n) is 1.17. The standard InChI is InChI=1S/C9H9F3O/c1-6-4-3-5-7(13-2)8(6)9(10,11)12/h3-5H,1-2H3. The average molecular weight is 190 g/mol. The minimum Gasteiger partial charge on any atom is -0.496 e. The van der Waals surface area contributed by atoms with Gasteiger partial charge in [-0.2, -0.15) is 13.2 Å². The molecule has 0 amide bonds. The highest BCUT2D eigenvalue weighted by Gasteiger charge is 2.35. The predicted molar refractivity (Wildman–Crippen MR) is 42.7 cm³/mol. The second kappa shape index (κ2) is 3.28. The van der Waals surface area contributed by atoms with Crippen molar-refractivity contribution in [2.24, 2.45) is 0 Å². The fraction of sp³-hybridized carbons (Fsp3) is 0.333. The van der Waals surface area contributed by atoms with Gasteiger partial charge in [-0.25, -0.2) is 0 Å². The van der Waals surface area contributed by atoms with E-state index < -0.39 is 11.7 Å². The van der Waals surface area contributed by atoms with Gasteiger partial charge in [-0.3, -0.25) is 0 Å². The Kier molecular flexibility index (Phi) is 2.50. The van der Waals surface area contributed by atoms with Gasteiger partial charge >= 0.3 is 6.18 Å². The van der Waals surface area contributed by atoms with Crippen molar-refractivity contribution in [1.82, 2.24) is 0 Å². The Morgan fingerprint density at radius 2 is 1.85 bits per heavy atom. The summed E-state index contributed by atoms with van der Waals surface area (Å²) in [6.45, 7) is 1.41. The SMILES string of the molecule is COc1cccc(C)c1C(F)(F)F. The van der Waals surface area contributed by atoms with Crippen LogP contribution in [0.3, 0.4) is 0 Å². The van der Waals surface area contributed by atoms with Crippen LogP contribution in [0.15, 0.2) is 18.2 Å². The quantitative estimate of drug-likeness (QED) is 0.661. The van der Waals surface area contributed by atoms with E-state index in [1.54, 1.807) is 0 Å². The maximum Gasteiger partial charge on any atom is 0.420 e. The summed E-state index contributed by atoms with van der Waals surface area (Å²) in [6, 6.07) is 4.24. The van der Waals surface area contributed by atoms with Crippen molar-refractivity contribution in [3.05, 3.63) is 29.3 Å². The molecular formula is C9H9F3O. The maximum absolute atomic E-state index is 12.4. The second-order valence-corrected chi connectivity index (χ2v) is 2.65. The van der Waals surface area contributed by atoms with E-state index in [9.17, 15) is 13.2 Å². The highest BCUT2D eigenvalue weighted by Crippen LogP contribution is 2.38. The lowest BCUT2D eigenvalue weighted by Gasteiger charge is -2.13. The van der Waals surface area contributed by atoms with Gasteiger partial charge < -0.3 is 4.74 Å². The summed E-state index contributed by atoms with van der Waals surface area (Å²) < 4.78 is 41.9. The molecular weight excluding hydrogens is 181 g/mol. The molecule has 0 unspecified atom stereocenters. The predicted octanol–water partition coefficient (Wildman–Crippen LogP) is 3.02. The first-order valence-corrected chi connectivity index (χ1v) is 3.67. The van der Waals surface area contributed by atoms with Crippen molar-refractivity contribution in [3.8, 4) is 5.75 Å². The third-order valence-electron chi connectivity index (χ3n) is 1.74. The van der Waals surface area contributed by atoms with Gasteiger partial charge in [-0.05, 0) is 18.6 Å². The normalized spacial score (nSPS) is 11.5. The van der Waals surface area contributed by atoms with Crippen LogP contribution in [-0.2, 0) is 6.18 Å². The molecule has 1 aromatic carbocycles. The summed E-state index contributed by atoms with van der Waals surface area (Å²) in [5.41, 5.74) is -0.524. The largest absolute Gasteiger partial charge is 0.496 e. The van der Waals surface area contributed by atoms with Crippen LogP contribution in [0.1, 0.15) is 11.1 Å². The molecule has 4 heteroatoms. The molecule has 0 bridgehead atoms. The van der Waals surface area contributed by atoms with Crippen molar-refractivity contribution in [3.63, 3.8) is 0 Å². The van der Waals surface area contributed by atoms with Gasteiger partial charge in [0.1, 0.15) is 11.3 Å². The number of aryl methyl sites for hydroxylation is 1. The van der Waals surface area contributed by atoms with Crippen molar-refractivity contribution >= 4 is 0 Å². The lowest BCUT2D eigenvalue weighted by molar-refractivity contribution is -0.139. The second-order valence-electron chi connectivity index (χ2n) is 2.65. The Hall–Kier alpha value is -1.19. The van der Waals surface area contributed by atoms with Gasteiger partial charge in [0.15, 0.2) is 0 Å². The van der Waals surface area contributed by atoms with Gasteiger partial charge in [-0.1, -0.05) is 12.1 Å². The summed E-state index contributed by atoms with van der Waals surface area (Å²) >= 11 is 0. The van der Waals surface area contributed by atoms with Crippen molar-refractivity contribution in [2.75, 3.05) is 7.11 Å². The molecule has 0 fully saturated rings. The summed E-state index contributed by atoms with van der Waals surface area (Å²) in [5.74, 6) is -0.132. The highest BCUT2D eigenvalue weighted by atomic mass is 19.4. The van der Waals surface area contributed by atoms with Crippen molar-refractivity contribution in [2.45, 2.75) is 13.1 Å². The molecule has 0 atom stereocenters. The lowest BCUT2D eigenvalue weighted by Crippen LogP contribution is -2.09. The Labute approximate surface area is 74.1 Å². The molecule has 0 N–H and O–H groups in total. The zero-order valence-corrected chi connectivity index (χ0v) is 7.27. The Balaban J connectivity index is 3.32. The minimum atomic E-state index is -4.35. The van der Waals surface area contributed by atoms with Crippen LogP contribution in [-0.4, -0.2) is 7.11 Å². The van der Waals surface area contributed by atoms with Crippen LogP contribution in [0.5, 0.6) is 5.75 Å². The van der Waals surface area contributed by atoms with Gasteiger partial charge in [0, 0.05) is 0 Å². The van der Waals surface area contributed by atoms with Crippen LogP contribution >= 0.6 is 0 Å². The molecule has 0 aromatic heterocycles. The first kappa shape index (κ1) is 9.89. The Morgan fingerprint density at radius 1 is 1.23 bits per heavy atom. The molecule has 0 aliphatic rings. The van der Waals surface area contributed by atoms with Crippen LogP contribution < -0.4 is 4.74 Å². The average Bonchev–Trinajstić information content (AvgIpc) is 2.01. The first-order chi connectivity index (χ1) is 5.96. The van der Waals surface area contributed by atoms with Gasteiger partial charge in [0.25, 0.3) is 0 Å². The maximum atomic E-state index is 12.4. The first-order valence-electron chi connectivity index (χ1n) is 3.67. The summed E-state index contributed by atoms with van der Waals surface area (Å²) in [6.07, 6.45) is -4.35. The number of halogens is 3. The minimum absolute atomic E-state index is 0.132. The van der Waals surface area contributed by atoms with Gasteiger partial charge in [0.05, 0.1) is 7.11 Å². The number of hydrogen-bond donors (Lipinski definition) is 0. The molecule has 0 radical (unpaired) electrons. The van der Waals surface area contributed by atoms with E-state index >= 15 is 0 Å². The van der Waals surface area contributed by atoms with E-state index in [1.165, 1.54) is 32.2 Å². The van der Waals surface area contributed by atoms with Gasteiger partial charge in [0.2, 0.25) is 0 Å². The van der Waals surface area contributed by atoms with Gasteiger partial charge in [-0.15, -0.1) is 0 Å².